The Bertz CT molecular complexity index is 889. The number of ether oxygens (including phenoxy) is 1. The number of guanidine groups is 1. The number of aryl methyl sites for hydroxylation is 1. The highest BCUT2D eigenvalue weighted by Crippen LogP contribution is 2.24. The van der Waals surface area contributed by atoms with Crippen molar-refractivity contribution in [1.29, 1.82) is 0 Å². The van der Waals surface area contributed by atoms with Crippen LogP contribution in [0.4, 0.5) is 18.9 Å². The van der Waals surface area contributed by atoms with Crippen LogP contribution in [0.3, 0.4) is 0 Å². The first-order valence-corrected chi connectivity index (χ1v) is 9.16. The molecule has 2 aromatic rings. The number of alkyl halides is 3. The van der Waals surface area contributed by atoms with Crippen LogP contribution in [-0.2, 0) is 13.1 Å². The molecular weight excluding hydrogens is 532 g/mol. The van der Waals surface area contributed by atoms with Crippen LogP contribution in [0.1, 0.15) is 18.1 Å². The number of aliphatic imine (C=N–C) groups is 1. The van der Waals surface area contributed by atoms with E-state index in [1.807, 2.05) is 6.92 Å². The third-order valence-corrected chi connectivity index (χ3v) is 3.83. The van der Waals surface area contributed by atoms with Crippen molar-refractivity contribution in [3.05, 3.63) is 51.8 Å². The lowest BCUT2D eigenvalue weighted by Gasteiger charge is -2.14. The van der Waals surface area contributed by atoms with Gasteiger partial charge in [0.05, 0.1) is 18.0 Å². The van der Waals surface area contributed by atoms with E-state index in [1.165, 1.54) is 17.1 Å². The van der Waals surface area contributed by atoms with Crippen LogP contribution in [0, 0.1) is 17.0 Å². The first-order valence-electron chi connectivity index (χ1n) is 9.16. The third kappa shape index (κ3) is 9.40. The summed E-state index contributed by atoms with van der Waals surface area (Å²) in [6.07, 6.45) is -1.94. The molecule has 0 saturated heterocycles. The van der Waals surface area contributed by atoms with E-state index in [-0.39, 0.29) is 42.0 Å². The molecule has 1 heterocycles. The van der Waals surface area contributed by atoms with E-state index in [9.17, 15) is 23.3 Å². The van der Waals surface area contributed by atoms with Crippen molar-refractivity contribution in [1.82, 2.24) is 20.4 Å². The number of nitrogens with zero attached hydrogens (tertiary/aromatic N) is 4. The van der Waals surface area contributed by atoms with Gasteiger partial charge in [0.15, 0.2) is 12.6 Å². The van der Waals surface area contributed by atoms with Gasteiger partial charge in [-0.15, -0.1) is 24.0 Å². The van der Waals surface area contributed by atoms with Crippen LogP contribution < -0.4 is 15.4 Å². The highest BCUT2D eigenvalue weighted by Gasteiger charge is 2.28. The van der Waals surface area contributed by atoms with E-state index in [1.54, 1.807) is 25.1 Å². The molecule has 0 saturated carbocycles. The Morgan fingerprint density at radius 2 is 2.10 bits per heavy atom. The molecule has 2 rings (SSSR count). The standard InChI is InChI=1S/C18H23F3N6O3.HI/c1-3-22-17(23-6-7-26-11-15(10-25-26)27(28)29)24-9-14-5-4-13(2)8-16(14)30-12-18(19,20)21;/h4-5,8,10-11H,3,6-7,9,12H2,1-2H3,(H2,22,23,24);1H. The van der Waals surface area contributed by atoms with Crippen LogP contribution in [0.2, 0.25) is 0 Å². The highest BCUT2D eigenvalue weighted by atomic mass is 127. The number of nitro groups is 1. The van der Waals surface area contributed by atoms with Crippen molar-refractivity contribution in [3.63, 3.8) is 0 Å². The molecule has 0 bridgehead atoms. The highest BCUT2D eigenvalue weighted by molar-refractivity contribution is 14.0. The van der Waals surface area contributed by atoms with Crippen molar-refractivity contribution in [2.75, 3.05) is 19.7 Å². The van der Waals surface area contributed by atoms with E-state index in [4.69, 9.17) is 4.74 Å². The number of hydrogen-bond acceptors (Lipinski definition) is 5. The maximum Gasteiger partial charge on any atom is 0.422 e. The molecule has 1 aromatic heterocycles. The Morgan fingerprint density at radius 1 is 1.35 bits per heavy atom. The van der Waals surface area contributed by atoms with E-state index < -0.39 is 17.7 Å². The molecule has 172 valence electrons. The Balaban J connectivity index is 0.00000480. The fourth-order valence-corrected chi connectivity index (χ4v) is 2.45. The lowest BCUT2D eigenvalue weighted by Crippen LogP contribution is -2.38. The molecule has 31 heavy (non-hydrogen) atoms. The summed E-state index contributed by atoms with van der Waals surface area (Å²) in [6, 6.07) is 4.99. The fourth-order valence-electron chi connectivity index (χ4n) is 2.45. The predicted molar refractivity (Wildman–Crippen MR) is 120 cm³/mol. The molecule has 0 radical (unpaired) electrons. The van der Waals surface area contributed by atoms with Crippen molar-refractivity contribution in [3.8, 4) is 5.75 Å². The SMILES string of the molecule is CCNC(=NCc1ccc(C)cc1OCC(F)(F)F)NCCn1cc([N+](=O)[O-])cn1.I. The van der Waals surface area contributed by atoms with Crippen molar-refractivity contribution < 1.29 is 22.8 Å². The second kappa shape index (κ2) is 12.3. The van der Waals surface area contributed by atoms with Gasteiger partial charge in [-0.3, -0.25) is 14.8 Å². The third-order valence-electron chi connectivity index (χ3n) is 3.83. The zero-order valence-electron chi connectivity index (χ0n) is 17.0. The van der Waals surface area contributed by atoms with Gasteiger partial charge in [-0.05, 0) is 25.5 Å². The monoisotopic (exact) mass is 556 g/mol. The molecule has 0 aliphatic heterocycles. The van der Waals surface area contributed by atoms with Gasteiger partial charge >= 0.3 is 11.9 Å². The Kier molecular flexibility index (Phi) is 10.5. The average Bonchev–Trinajstić information content (AvgIpc) is 3.14. The van der Waals surface area contributed by atoms with Gasteiger partial charge in [0.2, 0.25) is 0 Å². The van der Waals surface area contributed by atoms with E-state index in [0.717, 1.165) is 5.56 Å². The summed E-state index contributed by atoms with van der Waals surface area (Å²) in [4.78, 5) is 14.5. The van der Waals surface area contributed by atoms with Crippen LogP contribution in [-0.4, -0.2) is 46.5 Å². The number of benzene rings is 1. The molecule has 1 aromatic carbocycles. The smallest absolute Gasteiger partial charge is 0.422 e. The second-order valence-electron chi connectivity index (χ2n) is 6.36. The minimum Gasteiger partial charge on any atom is -0.484 e. The Labute approximate surface area is 194 Å². The topological polar surface area (TPSA) is 107 Å². The summed E-state index contributed by atoms with van der Waals surface area (Å²) in [5.41, 5.74) is 1.20. The Hall–Kier alpha value is -2.58. The predicted octanol–water partition coefficient (Wildman–Crippen LogP) is 3.41. The average molecular weight is 556 g/mol. The summed E-state index contributed by atoms with van der Waals surface area (Å²) in [6.45, 7) is 3.69. The molecule has 0 aliphatic carbocycles. The lowest BCUT2D eigenvalue weighted by atomic mass is 10.1. The summed E-state index contributed by atoms with van der Waals surface area (Å²) < 4.78 is 43.9. The molecule has 2 N–H and O–H groups in total. The molecule has 0 amide bonds. The number of hydrogen-bond donors (Lipinski definition) is 2. The van der Waals surface area contributed by atoms with E-state index in [0.29, 0.717) is 31.2 Å². The molecular formula is C18H24F3IN6O3. The van der Waals surface area contributed by atoms with Crippen LogP contribution >= 0.6 is 24.0 Å². The molecule has 13 heteroatoms. The van der Waals surface area contributed by atoms with Gasteiger partial charge in [-0.25, -0.2) is 4.99 Å². The maximum absolute atomic E-state index is 12.5. The zero-order valence-corrected chi connectivity index (χ0v) is 19.3. The van der Waals surface area contributed by atoms with Crippen molar-refractivity contribution >= 4 is 35.6 Å². The van der Waals surface area contributed by atoms with Gasteiger partial charge in [-0.2, -0.15) is 18.3 Å². The lowest BCUT2D eigenvalue weighted by molar-refractivity contribution is -0.385. The number of nitrogens with one attached hydrogen (secondary N) is 2. The van der Waals surface area contributed by atoms with Crippen LogP contribution in [0.25, 0.3) is 0 Å². The number of halogens is 4. The molecule has 9 nitrogen and oxygen atoms in total. The van der Waals surface area contributed by atoms with Gasteiger partial charge in [0.1, 0.15) is 18.1 Å². The van der Waals surface area contributed by atoms with Gasteiger partial charge < -0.3 is 15.4 Å². The zero-order chi connectivity index (χ0) is 22.1. The van der Waals surface area contributed by atoms with Gasteiger partial charge in [0, 0.05) is 18.7 Å². The number of rotatable bonds is 9. The summed E-state index contributed by atoms with van der Waals surface area (Å²) in [7, 11) is 0. The first-order chi connectivity index (χ1) is 14.2. The minimum absolute atomic E-state index is 0. The summed E-state index contributed by atoms with van der Waals surface area (Å²) in [5.74, 6) is 0.581. The molecule has 0 spiro atoms. The van der Waals surface area contributed by atoms with Crippen LogP contribution in [0.15, 0.2) is 35.6 Å². The summed E-state index contributed by atoms with van der Waals surface area (Å²) >= 11 is 0. The fraction of sp³-hybridized carbons (Fsp3) is 0.444. The molecule has 0 aliphatic rings. The second-order valence-corrected chi connectivity index (χ2v) is 6.36. The van der Waals surface area contributed by atoms with Crippen molar-refractivity contribution in [2.45, 2.75) is 33.1 Å². The molecule has 0 atom stereocenters. The van der Waals surface area contributed by atoms with E-state index >= 15 is 0 Å². The number of aromatic nitrogens is 2. The molecule has 0 unspecified atom stereocenters. The van der Waals surface area contributed by atoms with E-state index in [2.05, 4.69) is 20.7 Å². The quantitative estimate of drug-likeness (QED) is 0.161. The minimum atomic E-state index is -4.43. The largest absolute Gasteiger partial charge is 0.484 e. The normalized spacial score (nSPS) is 11.6. The Morgan fingerprint density at radius 3 is 2.71 bits per heavy atom. The first kappa shape index (κ1) is 26.5. The summed E-state index contributed by atoms with van der Waals surface area (Å²) in [5, 5.41) is 20.7. The van der Waals surface area contributed by atoms with Gasteiger partial charge in [0.25, 0.3) is 0 Å². The molecule has 0 fully saturated rings. The van der Waals surface area contributed by atoms with Gasteiger partial charge in [-0.1, -0.05) is 12.1 Å². The maximum atomic E-state index is 12.5. The van der Waals surface area contributed by atoms with Crippen LogP contribution in [0.5, 0.6) is 5.75 Å². The van der Waals surface area contributed by atoms with Crippen molar-refractivity contribution in [2.24, 2.45) is 4.99 Å².